The van der Waals surface area contributed by atoms with Crippen LogP contribution in [0.3, 0.4) is 0 Å². The van der Waals surface area contributed by atoms with Gasteiger partial charge in [0.2, 0.25) is 5.91 Å². The molecule has 1 aromatic rings. The lowest BCUT2D eigenvalue weighted by molar-refractivity contribution is -0.161. The highest BCUT2D eigenvalue weighted by Crippen LogP contribution is 2.60. The normalized spacial score (nSPS) is 40.2. The molecule has 146 valence electrons. The van der Waals surface area contributed by atoms with Gasteiger partial charge in [-0.2, -0.15) is 0 Å². The second kappa shape index (κ2) is 6.51. The van der Waals surface area contributed by atoms with Crippen LogP contribution in [-0.4, -0.2) is 42.2 Å². The largest absolute Gasteiger partial charge is 0.497 e. The molecule has 2 atom stereocenters. The van der Waals surface area contributed by atoms with E-state index in [-0.39, 0.29) is 11.3 Å². The number of piperidine rings is 1. The van der Waals surface area contributed by atoms with Gasteiger partial charge in [-0.15, -0.1) is 0 Å². The van der Waals surface area contributed by atoms with Crippen LogP contribution >= 0.6 is 0 Å². The van der Waals surface area contributed by atoms with E-state index in [1.165, 1.54) is 19.3 Å². The van der Waals surface area contributed by atoms with Gasteiger partial charge in [0, 0.05) is 19.0 Å². The molecule has 1 saturated heterocycles. The minimum Gasteiger partial charge on any atom is -0.497 e. The van der Waals surface area contributed by atoms with Crippen LogP contribution < -0.4 is 4.74 Å². The number of carbonyl (C=O) groups is 1. The Kier molecular flexibility index (Phi) is 4.23. The number of β-amino-alcohol motifs (C(OH)–C–C–N with tert-alkyl or cyclic N) is 1. The molecule has 4 bridgehead atoms. The highest BCUT2D eigenvalue weighted by molar-refractivity contribution is 5.83. The average Bonchev–Trinajstić information content (AvgIpc) is 2.66. The van der Waals surface area contributed by atoms with E-state index in [0.29, 0.717) is 12.5 Å². The number of carbonyl (C=O) groups excluding carboxylic acids is 1. The summed E-state index contributed by atoms with van der Waals surface area (Å²) in [6, 6.07) is 7.99. The van der Waals surface area contributed by atoms with Gasteiger partial charge in [0.25, 0.3) is 0 Å². The van der Waals surface area contributed by atoms with Gasteiger partial charge in [0.1, 0.15) is 5.75 Å². The first-order chi connectivity index (χ1) is 13.1. The smallest absolute Gasteiger partial charge is 0.228 e. The first-order valence-electron chi connectivity index (χ1n) is 10.7. The van der Waals surface area contributed by atoms with Gasteiger partial charge < -0.3 is 14.7 Å². The maximum Gasteiger partial charge on any atom is 0.228 e. The number of methoxy groups -OCH3 is 1. The summed E-state index contributed by atoms with van der Waals surface area (Å²) in [7, 11) is 1.67. The Labute approximate surface area is 161 Å². The van der Waals surface area contributed by atoms with Gasteiger partial charge in [0.15, 0.2) is 0 Å². The molecule has 1 N–H and O–H groups in total. The maximum absolute atomic E-state index is 13.5. The summed E-state index contributed by atoms with van der Waals surface area (Å²) in [6.45, 7) is 1.24. The Morgan fingerprint density at radius 1 is 1.15 bits per heavy atom. The zero-order valence-corrected chi connectivity index (χ0v) is 16.3. The summed E-state index contributed by atoms with van der Waals surface area (Å²) in [5.41, 5.74) is 1.01. The Bertz CT molecular complexity index is 695. The van der Waals surface area contributed by atoms with E-state index in [1.807, 2.05) is 23.1 Å². The van der Waals surface area contributed by atoms with E-state index in [9.17, 15) is 9.90 Å². The van der Waals surface area contributed by atoms with E-state index in [4.69, 9.17) is 4.74 Å². The summed E-state index contributed by atoms with van der Waals surface area (Å²) in [5.74, 6) is 3.59. The molecule has 1 amide bonds. The van der Waals surface area contributed by atoms with Crippen LogP contribution in [0.2, 0.25) is 0 Å². The molecule has 27 heavy (non-hydrogen) atoms. The molecule has 5 aliphatic rings. The van der Waals surface area contributed by atoms with Crippen molar-refractivity contribution >= 4 is 5.91 Å². The molecule has 1 heterocycles. The Morgan fingerprint density at radius 2 is 1.81 bits per heavy atom. The molecule has 1 aliphatic heterocycles. The van der Waals surface area contributed by atoms with Gasteiger partial charge >= 0.3 is 0 Å². The Balaban J connectivity index is 1.30. The van der Waals surface area contributed by atoms with Crippen molar-refractivity contribution in [2.75, 3.05) is 20.2 Å². The molecule has 4 nitrogen and oxygen atoms in total. The van der Waals surface area contributed by atoms with Crippen molar-refractivity contribution in [1.82, 2.24) is 4.90 Å². The lowest BCUT2D eigenvalue weighted by Gasteiger charge is -2.57. The van der Waals surface area contributed by atoms with Gasteiger partial charge in [-0.05, 0) is 80.4 Å². The van der Waals surface area contributed by atoms with Crippen molar-refractivity contribution in [2.24, 2.45) is 23.2 Å². The fourth-order valence-electron chi connectivity index (χ4n) is 7.09. The molecular formula is C23H31NO3. The van der Waals surface area contributed by atoms with Crippen LogP contribution in [0.4, 0.5) is 0 Å². The van der Waals surface area contributed by atoms with Gasteiger partial charge in [-0.3, -0.25) is 4.79 Å². The predicted molar refractivity (Wildman–Crippen MR) is 104 cm³/mol. The zero-order valence-electron chi connectivity index (χ0n) is 16.3. The number of aliphatic hydroxyl groups is 1. The lowest BCUT2D eigenvalue weighted by Crippen LogP contribution is -2.57. The standard InChI is InChI=1S/C23H31NO3/c1-27-19-4-2-3-18(10-19)20-5-6-24(14-21(20)25)22(26)23-11-15-7-16(12-23)9-17(8-15)13-23/h2-4,10,15-17,20-21,25H,5-9,11-14H2,1H3. The third kappa shape index (κ3) is 2.97. The fourth-order valence-corrected chi connectivity index (χ4v) is 7.09. The van der Waals surface area contributed by atoms with Crippen LogP contribution in [0.5, 0.6) is 5.75 Å². The number of nitrogens with zero attached hydrogens (tertiary/aromatic N) is 1. The van der Waals surface area contributed by atoms with Crippen LogP contribution in [0.1, 0.15) is 56.4 Å². The molecule has 5 fully saturated rings. The highest BCUT2D eigenvalue weighted by Gasteiger charge is 2.56. The molecular weight excluding hydrogens is 338 g/mol. The van der Waals surface area contributed by atoms with Crippen molar-refractivity contribution in [3.63, 3.8) is 0 Å². The molecule has 0 aromatic heterocycles. The molecule has 2 unspecified atom stereocenters. The second-order valence-corrected chi connectivity index (χ2v) is 9.69. The minimum atomic E-state index is -0.497. The summed E-state index contributed by atoms with van der Waals surface area (Å²) >= 11 is 0. The van der Waals surface area contributed by atoms with E-state index in [0.717, 1.165) is 61.3 Å². The van der Waals surface area contributed by atoms with Crippen molar-refractivity contribution in [1.29, 1.82) is 0 Å². The average molecular weight is 370 g/mol. The van der Waals surface area contributed by atoms with Crippen molar-refractivity contribution < 1.29 is 14.6 Å². The molecule has 4 aliphatic carbocycles. The van der Waals surface area contributed by atoms with Crippen LogP contribution in [-0.2, 0) is 4.79 Å². The first kappa shape index (κ1) is 17.5. The van der Waals surface area contributed by atoms with E-state index in [1.54, 1.807) is 7.11 Å². The van der Waals surface area contributed by atoms with Crippen molar-refractivity contribution in [3.8, 4) is 5.75 Å². The SMILES string of the molecule is COc1cccc(C2CCN(C(=O)C34CC5CC(CC(C5)C3)C4)CC2O)c1. The van der Waals surface area contributed by atoms with Crippen LogP contribution in [0.25, 0.3) is 0 Å². The molecule has 6 rings (SSSR count). The molecule has 0 spiro atoms. The monoisotopic (exact) mass is 369 g/mol. The summed E-state index contributed by atoms with van der Waals surface area (Å²) in [6.07, 6.45) is 7.69. The molecule has 4 saturated carbocycles. The first-order valence-corrected chi connectivity index (χ1v) is 10.7. The number of benzene rings is 1. The fraction of sp³-hybridized carbons (Fsp3) is 0.696. The molecule has 0 radical (unpaired) electrons. The number of ether oxygens (including phenoxy) is 1. The van der Waals surface area contributed by atoms with Gasteiger partial charge in [0.05, 0.1) is 18.6 Å². The second-order valence-electron chi connectivity index (χ2n) is 9.69. The number of hydrogen-bond donors (Lipinski definition) is 1. The minimum absolute atomic E-state index is 0.0838. The third-order valence-electron chi connectivity index (χ3n) is 7.88. The van der Waals surface area contributed by atoms with Gasteiger partial charge in [-0.1, -0.05) is 12.1 Å². The third-order valence-corrected chi connectivity index (χ3v) is 7.88. The number of rotatable bonds is 3. The zero-order chi connectivity index (χ0) is 18.6. The maximum atomic E-state index is 13.5. The number of aliphatic hydroxyl groups excluding tert-OH is 1. The predicted octanol–water partition coefficient (Wildman–Crippen LogP) is 3.59. The van der Waals surface area contributed by atoms with Crippen LogP contribution in [0.15, 0.2) is 24.3 Å². The van der Waals surface area contributed by atoms with E-state index >= 15 is 0 Å². The number of hydrogen-bond acceptors (Lipinski definition) is 3. The summed E-state index contributed by atoms with van der Waals surface area (Å²) in [4.78, 5) is 15.5. The summed E-state index contributed by atoms with van der Waals surface area (Å²) < 4.78 is 5.33. The lowest BCUT2D eigenvalue weighted by atomic mass is 9.49. The Hall–Kier alpha value is -1.55. The molecule has 1 aromatic carbocycles. The highest BCUT2D eigenvalue weighted by atomic mass is 16.5. The van der Waals surface area contributed by atoms with Crippen LogP contribution in [0, 0.1) is 23.2 Å². The number of likely N-dealkylation sites (tertiary alicyclic amines) is 1. The van der Waals surface area contributed by atoms with E-state index in [2.05, 4.69) is 6.07 Å². The molecule has 4 heteroatoms. The number of amides is 1. The Morgan fingerprint density at radius 3 is 2.41 bits per heavy atom. The van der Waals surface area contributed by atoms with E-state index < -0.39 is 6.10 Å². The quantitative estimate of drug-likeness (QED) is 0.886. The topological polar surface area (TPSA) is 49.8 Å². The van der Waals surface area contributed by atoms with Gasteiger partial charge in [-0.25, -0.2) is 0 Å². The van der Waals surface area contributed by atoms with Crippen molar-refractivity contribution in [2.45, 2.75) is 57.0 Å². The summed E-state index contributed by atoms with van der Waals surface area (Å²) in [5, 5.41) is 10.9. The van der Waals surface area contributed by atoms with Crippen molar-refractivity contribution in [3.05, 3.63) is 29.8 Å².